The van der Waals surface area contributed by atoms with E-state index in [2.05, 4.69) is 4.90 Å². The number of Topliss-reactive ketones (excluding diaryl/α,β-unsaturated/α-hetero) is 1. The van der Waals surface area contributed by atoms with Crippen molar-refractivity contribution in [3.8, 4) is 5.75 Å². The highest BCUT2D eigenvalue weighted by atomic mass is 35.5. The second-order valence-corrected chi connectivity index (χ2v) is 4.75. The first-order valence-corrected chi connectivity index (χ1v) is 6.13. The summed E-state index contributed by atoms with van der Waals surface area (Å²) in [7, 11) is 1.65. The van der Waals surface area contributed by atoms with E-state index in [-0.39, 0.29) is 0 Å². The van der Waals surface area contributed by atoms with Crippen molar-refractivity contribution in [3.63, 3.8) is 0 Å². The molecular weight excluding hydrogens is 238 g/mol. The minimum Gasteiger partial charge on any atom is -0.496 e. The Morgan fingerprint density at radius 3 is 3.00 bits per heavy atom. The summed E-state index contributed by atoms with van der Waals surface area (Å²) in [6.07, 6.45) is 1.66. The Morgan fingerprint density at radius 2 is 2.29 bits per heavy atom. The van der Waals surface area contributed by atoms with Crippen LogP contribution in [0.25, 0.3) is 0 Å². The van der Waals surface area contributed by atoms with Gasteiger partial charge in [0.25, 0.3) is 0 Å². The van der Waals surface area contributed by atoms with Crippen molar-refractivity contribution in [2.45, 2.75) is 19.4 Å². The van der Waals surface area contributed by atoms with Gasteiger partial charge in [-0.1, -0.05) is 11.6 Å². The minimum atomic E-state index is 0.317. The number of ketones is 1. The summed E-state index contributed by atoms with van der Waals surface area (Å²) in [4.78, 5) is 13.5. The van der Waals surface area contributed by atoms with E-state index >= 15 is 0 Å². The number of carbonyl (C=O) groups is 1. The molecule has 1 saturated heterocycles. The van der Waals surface area contributed by atoms with E-state index in [9.17, 15) is 4.79 Å². The van der Waals surface area contributed by atoms with Gasteiger partial charge in [-0.15, -0.1) is 0 Å². The second-order valence-electron chi connectivity index (χ2n) is 4.31. The molecule has 0 spiro atoms. The van der Waals surface area contributed by atoms with Crippen molar-refractivity contribution < 1.29 is 9.53 Å². The summed E-state index contributed by atoms with van der Waals surface area (Å²) in [5.41, 5.74) is 1.04. The van der Waals surface area contributed by atoms with E-state index in [1.54, 1.807) is 7.11 Å². The van der Waals surface area contributed by atoms with Crippen LogP contribution in [-0.2, 0) is 11.3 Å². The van der Waals surface area contributed by atoms with Gasteiger partial charge in [-0.3, -0.25) is 9.69 Å². The predicted molar refractivity (Wildman–Crippen MR) is 67.5 cm³/mol. The average Bonchev–Trinajstić information content (AvgIpc) is 2.29. The van der Waals surface area contributed by atoms with Crippen molar-refractivity contribution in [3.05, 3.63) is 28.8 Å². The third-order valence-electron chi connectivity index (χ3n) is 2.97. The van der Waals surface area contributed by atoms with Crippen LogP contribution in [0.1, 0.15) is 18.4 Å². The molecule has 92 valence electrons. The number of hydrogen-bond acceptors (Lipinski definition) is 3. The summed E-state index contributed by atoms with van der Waals surface area (Å²) in [6, 6.07) is 5.58. The van der Waals surface area contributed by atoms with Crippen molar-refractivity contribution in [2.75, 3.05) is 20.2 Å². The van der Waals surface area contributed by atoms with Gasteiger partial charge in [0, 0.05) is 23.6 Å². The molecule has 1 aromatic rings. The van der Waals surface area contributed by atoms with Gasteiger partial charge in [0.05, 0.1) is 13.7 Å². The van der Waals surface area contributed by atoms with Crippen LogP contribution in [0.2, 0.25) is 5.02 Å². The van der Waals surface area contributed by atoms with E-state index < -0.39 is 0 Å². The molecule has 0 saturated carbocycles. The number of ether oxygens (including phenoxy) is 1. The first-order chi connectivity index (χ1) is 8.19. The van der Waals surface area contributed by atoms with Crippen LogP contribution in [0.3, 0.4) is 0 Å². The third-order valence-corrected chi connectivity index (χ3v) is 3.20. The van der Waals surface area contributed by atoms with E-state index in [4.69, 9.17) is 16.3 Å². The van der Waals surface area contributed by atoms with Gasteiger partial charge >= 0.3 is 0 Å². The zero-order valence-corrected chi connectivity index (χ0v) is 10.7. The van der Waals surface area contributed by atoms with E-state index in [0.29, 0.717) is 23.8 Å². The largest absolute Gasteiger partial charge is 0.496 e. The summed E-state index contributed by atoms with van der Waals surface area (Å²) in [6.45, 7) is 2.21. The lowest BCUT2D eigenvalue weighted by atomic mass is 10.1. The maximum atomic E-state index is 11.4. The molecule has 17 heavy (non-hydrogen) atoms. The van der Waals surface area contributed by atoms with Gasteiger partial charge < -0.3 is 4.74 Å². The van der Waals surface area contributed by atoms with Crippen LogP contribution in [0.5, 0.6) is 5.75 Å². The van der Waals surface area contributed by atoms with Crippen LogP contribution in [0, 0.1) is 0 Å². The van der Waals surface area contributed by atoms with Crippen molar-refractivity contribution in [1.82, 2.24) is 4.90 Å². The molecule has 4 heteroatoms. The number of piperidine rings is 1. The summed E-state index contributed by atoms with van der Waals surface area (Å²) < 4.78 is 5.30. The molecule has 1 aromatic carbocycles. The lowest BCUT2D eigenvalue weighted by Crippen LogP contribution is -2.35. The Hall–Kier alpha value is -1.06. The standard InChI is InChI=1S/C13H16ClNO2/c1-17-13-5-4-11(14)7-10(13)8-15-6-2-3-12(16)9-15/h4-5,7H,2-3,6,8-9H2,1H3. The molecule has 1 fully saturated rings. The predicted octanol–water partition coefficient (Wildman–Crippen LogP) is 2.51. The summed E-state index contributed by atoms with van der Waals surface area (Å²) in [5.74, 6) is 1.14. The zero-order chi connectivity index (χ0) is 12.3. The molecule has 0 N–H and O–H groups in total. The fraction of sp³-hybridized carbons (Fsp3) is 0.462. The molecule has 2 rings (SSSR count). The number of carbonyl (C=O) groups excluding carboxylic acids is 1. The lowest BCUT2D eigenvalue weighted by Gasteiger charge is -2.26. The first-order valence-electron chi connectivity index (χ1n) is 5.75. The Labute approximate surface area is 106 Å². The van der Waals surface area contributed by atoms with Crippen LogP contribution in [0.4, 0.5) is 0 Å². The Kier molecular flexibility index (Phi) is 4.02. The Bertz CT molecular complexity index is 420. The highest BCUT2D eigenvalue weighted by Gasteiger charge is 2.18. The molecule has 0 aromatic heterocycles. The molecule has 0 radical (unpaired) electrons. The number of likely N-dealkylation sites (tertiary alicyclic amines) is 1. The Morgan fingerprint density at radius 1 is 1.47 bits per heavy atom. The monoisotopic (exact) mass is 253 g/mol. The molecule has 0 amide bonds. The SMILES string of the molecule is COc1ccc(Cl)cc1CN1CCCC(=O)C1. The highest BCUT2D eigenvalue weighted by Crippen LogP contribution is 2.24. The number of nitrogens with zero attached hydrogens (tertiary/aromatic N) is 1. The molecule has 1 aliphatic heterocycles. The molecular formula is C13H16ClNO2. The molecule has 0 atom stereocenters. The molecule has 1 aliphatic rings. The van der Waals surface area contributed by atoms with E-state index in [1.807, 2.05) is 18.2 Å². The maximum Gasteiger partial charge on any atom is 0.146 e. The number of methoxy groups -OCH3 is 1. The van der Waals surface area contributed by atoms with Crippen molar-refractivity contribution in [1.29, 1.82) is 0 Å². The number of hydrogen-bond donors (Lipinski definition) is 0. The number of halogens is 1. The van der Waals surface area contributed by atoms with Crippen LogP contribution in [-0.4, -0.2) is 30.9 Å². The lowest BCUT2D eigenvalue weighted by molar-refractivity contribution is -0.122. The zero-order valence-electron chi connectivity index (χ0n) is 9.91. The van der Waals surface area contributed by atoms with Gasteiger partial charge in [-0.25, -0.2) is 0 Å². The molecule has 0 aliphatic carbocycles. The number of rotatable bonds is 3. The highest BCUT2D eigenvalue weighted by molar-refractivity contribution is 6.30. The molecule has 0 bridgehead atoms. The first kappa shape index (κ1) is 12.4. The van der Waals surface area contributed by atoms with Crippen molar-refractivity contribution >= 4 is 17.4 Å². The van der Waals surface area contributed by atoms with Crippen LogP contribution < -0.4 is 4.74 Å². The molecule has 1 heterocycles. The quantitative estimate of drug-likeness (QED) is 0.829. The van der Waals surface area contributed by atoms with Gasteiger partial charge in [0.1, 0.15) is 11.5 Å². The normalized spacial score (nSPS) is 17.2. The topological polar surface area (TPSA) is 29.5 Å². The van der Waals surface area contributed by atoms with Gasteiger partial charge in [0.2, 0.25) is 0 Å². The van der Waals surface area contributed by atoms with Gasteiger partial charge in [-0.2, -0.15) is 0 Å². The molecule has 3 nitrogen and oxygen atoms in total. The maximum absolute atomic E-state index is 11.4. The third kappa shape index (κ3) is 3.20. The minimum absolute atomic E-state index is 0.317. The summed E-state index contributed by atoms with van der Waals surface area (Å²) >= 11 is 5.98. The summed E-state index contributed by atoms with van der Waals surface area (Å²) in [5, 5.41) is 0.698. The van der Waals surface area contributed by atoms with Gasteiger partial charge in [0.15, 0.2) is 0 Å². The fourth-order valence-electron chi connectivity index (χ4n) is 2.15. The average molecular weight is 254 g/mol. The Balaban J connectivity index is 2.11. The number of benzene rings is 1. The van der Waals surface area contributed by atoms with Gasteiger partial charge in [-0.05, 0) is 31.2 Å². The van der Waals surface area contributed by atoms with Crippen LogP contribution in [0.15, 0.2) is 18.2 Å². The second kappa shape index (κ2) is 5.52. The smallest absolute Gasteiger partial charge is 0.146 e. The van der Waals surface area contributed by atoms with E-state index in [1.165, 1.54) is 0 Å². The fourth-order valence-corrected chi connectivity index (χ4v) is 2.35. The van der Waals surface area contributed by atoms with Crippen LogP contribution >= 0.6 is 11.6 Å². The van der Waals surface area contributed by atoms with Crippen molar-refractivity contribution in [2.24, 2.45) is 0 Å². The molecule has 0 unspecified atom stereocenters. The van der Waals surface area contributed by atoms with E-state index in [0.717, 1.165) is 30.8 Å².